The molecule has 0 aromatic heterocycles. The first-order valence-electron chi connectivity index (χ1n) is 5.03. The van der Waals surface area contributed by atoms with Crippen LogP contribution in [0.1, 0.15) is 13.8 Å². The van der Waals surface area contributed by atoms with E-state index in [9.17, 15) is 4.79 Å². The molecular weight excluding hydrogens is 228 g/mol. The number of hydrogen-bond donors (Lipinski definition) is 1. The molecule has 0 aliphatic carbocycles. The van der Waals surface area contributed by atoms with Crippen LogP contribution in [0.25, 0.3) is 0 Å². The number of amidine groups is 2. The van der Waals surface area contributed by atoms with E-state index in [-0.39, 0.29) is 4.75 Å². The van der Waals surface area contributed by atoms with Crippen molar-refractivity contribution in [2.75, 3.05) is 20.1 Å². The van der Waals surface area contributed by atoms with Gasteiger partial charge in [0, 0.05) is 13.6 Å². The number of thioether (sulfide) groups is 1. The number of carbonyl (C=O) groups excluding carboxylic acids is 1. The van der Waals surface area contributed by atoms with E-state index in [0.29, 0.717) is 0 Å². The van der Waals surface area contributed by atoms with Gasteiger partial charge in [0.25, 0.3) is 0 Å². The zero-order chi connectivity index (χ0) is 11.8. The minimum atomic E-state index is -0.558. The molecule has 2 aliphatic heterocycles. The molecule has 1 fully saturated rings. The quantitative estimate of drug-likeness (QED) is 0.547. The molecule has 0 aromatic carbocycles. The van der Waals surface area contributed by atoms with Crippen molar-refractivity contribution >= 4 is 28.9 Å². The molecule has 2 aliphatic rings. The van der Waals surface area contributed by atoms with Gasteiger partial charge >= 0.3 is 6.09 Å². The number of hydrogen-bond acceptors (Lipinski definition) is 5. The Bertz CT molecular complexity index is 378. The van der Waals surface area contributed by atoms with E-state index in [1.54, 1.807) is 11.8 Å². The highest BCUT2D eigenvalue weighted by molar-refractivity contribution is 8.16. The van der Waals surface area contributed by atoms with Gasteiger partial charge < -0.3 is 10.2 Å². The Kier molecular flexibility index (Phi) is 2.79. The van der Waals surface area contributed by atoms with Crippen molar-refractivity contribution in [2.45, 2.75) is 18.6 Å². The molecule has 0 saturated carbocycles. The second kappa shape index (κ2) is 3.97. The number of nitrogens with one attached hydrogen (secondary N) is 1. The first kappa shape index (κ1) is 11.3. The van der Waals surface area contributed by atoms with Gasteiger partial charge in [0.05, 0.1) is 11.3 Å². The molecule has 0 atom stereocenters. The maximum Gasteiger partial charge on any atom is 0.433 e. The summed E-state index contributed by atoms with van der Waals surface area (Å²) in [6, 6.07) is 0. The number of nitrogens with zero attached hydrogens (tertiary/aromatic N) is 3. The largest absolute Gasteiger partial charge is 0.433 e. The molecule has 0 spiro atoms. The summed E-state index contributed by atoms with van der Waals surface area (Å²) in [7, 11) is 1.50. The second-order valence-electron chi connectivity index (χ2n) is 3.97. The van der Waals surface area contributed by atoms with Crippen LogP contribution < -0.4 is 5.32 Å². The van der Waals surface area contributed by atoms with Crippen molar-refractivity contribution < 1.29 is 9.63 Å². The third-order valence-corrected chi connectivity index (χ3v) is 3.59. The molecule has 0 aromatic rings. The highest BCUT2D eigenvalue weighted by Crippen LogP contribution is 2.39. The van der Waals surface area contributed by atoms with Crippen molar-refractivity contribution in [3.63, 3.8) is 0 Å². The van der Waals surface area contributed by atoms with Crippen LogP contribution in [0.4, 0.5) is 4.79 Å². The number of rotatable bonds is 1. The fourth-order valence-electron chi connectivity index (χ4n) is 1.60. The highest BCUT2D eigenvalue weighted by atomic mass is 32.2. The number of aliphatic imine (C=N–C) groups is 1. The fraction of sp³-hybridized carbons (Fsp3) is 0.667. The van der Waals surface area contributed by atoms with Gasteiger partial charge in [-0.15, -0.1) is 0 Å². The molecule has 0 unspecified atom stereocenters. The third-order valence-electron chi connectivity index (χ3n) is 2.36. The maximum atomic E-state index is 11.0. The first-order valence-corrected chi connectivity index (χ1v) is 5.84. The van der Waals surface area contributed by atoms with Crippen LogP contribution in [-0.4, -0.2) is 46.9 Å². The van der Waals surface area contributed by atoms with Crippen LogP contribution in [0, 0.1) is 0 Å². The van der Waals surface area contributed by atoms with Crippen LogP contribution in [0.2, 0.25) is 0 Å². The number of carbonyl (C=O) groups is 1. The molecule has 2 heterocycles. The van der Waals surface area contributed by atoms with Crippen molar-refractivity contribution in [2.24, 2.45) is 10.1 Å². The van der Waals surface area contributed by atoms with E-state index in [0.717, 1.165) is 24.1 Å². The van der Waals surface area contributed by atoms with Crippen LogP contribution >= 0.6 is 11.8 Å². The van der Waals surface area contributed by atoms with Crippen molar-refractivity contribution in [3.8, 4) is 0 Å². The topological polar surface area (TPSA) is 66.3 Å². The summed E-state index contributed by atoms with van der Waals surface area (Å²) in [5.74, 6) is 0.748. The van der Waals surface area contributed by atoms with Gasteiger partial charge in [0.2, 0.25) is 0 Å². The Morgan fingerprint density at radius 1 is 1.69 bits per heavy atom. The fourth-order valence-corrected chi connectivity index (χ4v) is 2.74. The van der Waals surface area contributed by atoms with Crippen molar-refractivity contribution in [1.29, 1.82) is 0 Å². The Labute approximate surface area is 98.1 Å². The Morgan fingerprint density at radius 3 is 3.12 bits per heavy atom. The summed E-state index contributed by atoms with van der Waals surface area (Å²) in [6.07, 6.45) is -0.558. The second-order valence-corrected chi connectivity index (χ2v) is 5.56. The Morgan fingerprint density at radius 2 is 2.44 bits per heavy atom. The average Bonchev–Trinajstić information content (AvgIpc) is 2.72. The van der Waals surface area contributed by atoms with E-state index >= 15 is 0 Å². The number of amides is 1. The Hall–Kier alpha value is -1.24. The standard InChI is InChI=1S/C9H14N4O2S/c1-9(2)6(12-15-8(14)10-3)13-5-4-11-7(13)16-9/h4-5H2,1-3H3,(H,10,14). The zero-order valence-corrected chi connectivity index (χ0v) is 10.3. The molecule has 1 amide bonds. The molecule has 1 N–H and O–H groups in total. The zero-order valence-electron chi connectivity index (χ0n) is 9.48. The lowest BCUT2D eigenvalue weighted by molar-refractivity contribution is 0.151. The SMILES string of the molecule is CNC(=O)ON=C1N2CCN=C2SC1(C)C. The van der Waals surface area contributed by atoms with E-state index in [1.165, 1.54) is 7.05 Å². The van der Waals surface area contributed by atoms with Crippen LogP contribution in [0.3, 0.4) is 0 Å². The van der Waals surface area contributed by atoms with Gasteiger partial charge in [0.15, 0.2) is 11.0 Å². The lowest BCUT2D eigenvalue weighted by atomic mass is 10.2. The van der Waals surface area contributed by atoms with Gasteiger partial charge in [-0.3, -0.25) is 9.83 Å². The lowest BCUT2D eigenvalue weighted by Gasteiger charge is -2.18. The summed E-state index contributed by atoms with van der Waals surface area (Å²) in [4.78, 5) is 22.1. The van der Waals surface area contributed by atoms with E-state index in [2.05, 4.69) is 15.5 Å². The van der Waals surface area contributed by atoms with Gasteiger partial charge in [-0.25, -0.2) is 4.79 Å². The predicted molar refractivity (Wildman–Crippen MR) is 63.7 cm³/mol. The van der Waals surface area contributed by atoms with E-state index < -0.39 is 6.09 Å². The predicted octanol–water partition coefficient (Wildman–Crippen LogP) is 0.853. The van der Waals surface area contributed by atoms with Crippen LogP contribution in [0.15, 0.2) is 10.1 Å². The van der Waals surface area contributed by atoms with Crippen molar-refractivity contribution in [1.82, 2.24) is 10.2 Å². The normalized spacial score (nSPS) is 24.3. The summed E-state index contributed by atoms with van der Waals surface area (Å²) in [5, 5.41) is 7.23. The van der Waals surface area contributed by atoms with Gasteiger partial charge in [-0.2, -0.15) is 0 Å². The molecule has 7 heteroatoms. The average molecular weight is 242 g/mol. The summed E-state index contributed by atoms with van der Waals surface area (Å²) in [5.41, 5.74) is 0. The monoisotopic (exact) mass is 242 g/mol. The molecule has 88 valence electrons. The maximum absolute atomic E-state index is 11.0. The summed E-state index contributed by atoms with van der Waals surface area (Å²) < 4.78 is -0.201. The minimum absolute atomic E-state index is 0.201. The molecule has 0 radical (unpaired) electrons. The summed E-state index contributed by atoms with van der Waals surface area (Å²) in [6.45, 7) is 5.65. The molecule has 1 saturated heterocycles. The Balaban J connectivity index is 2.18. The van der Waals surface area contributed by atoms with E-state index in [4.69, 9.17) is 4.84 Å². The lowest BCUT2D eigenvalue weighted by Crippen LogP contribution is -2.36. The van der Waals surface area contributed by atoms with E-state index in [1.807, 2.05) is 18.7 Å². The number of oxime groups is 1. The molecular formula is C9H14N4O2S. The number of fused-ring (bicyclic) bond motifs is 1. The molecule has 0 bridgehead atoms. The first-order chi connectivity index (χ1) is 7.54. The third kappa shape index (κ3) is 1.87. The smallest absolute Gasteiger partial charge is 0.323 e. The van der Waals surface area contributed by atoms with Gasteiger partial charge in [0.1, 0.15) is 0 Å². The highest BCUT2D eigenvalue weighted by Gasteiger charge is 2.44. The van der Waals surface area contributed by atoms with Gasteiger partial charge in [-0.05, 0) is 13.8 Å². The van der Waals surface area contributed by atoms with Crippen molar-refractivity contribution in [3.05, 3.63) is 0 Å². The minimum Gasteiger partial charge on any atom is -0.323 e. The molecule has 2 rings (SSSR count). The van der Waals surface area contributed by atoms with Gasteiger partial charge in [-0.1, -0.05) is 16.9 Å². The summed E-state index contributed by atoms with van der Waals surface area (Å²) >= 11 is 1.64. The molecule has 6 nitrogen and oxygen atoms in total. The van der Waals surface area contributed by atoms with Crippen LogP contribution in [-0.2, 0) is 4.84 Å². The van der Waals surface area contributed by atoms with Crippen LogP contribution in [0.5, 0.6) is 0 Å². The molecule has 16 heavy (non-hydrogen) atoms.